The molecule has 0 spiro atoms. The summed E-state index contributed by atoms with van der Waals surface area (Å²) in [6.45, 7) is 2.99. The lowest BCUT2D eigenvalue weighted by Crippen LogP contribution is -2.42. The highest BCUT2D eigenvalue weighted by atomic mass is 16.7. The summed E-state index contributed by atoms with van der Waals surface area (Å²) in [7, 11) is 0. The molecule has 30 heavy (non-hydrogen) atoms. The largest absolute Gasteiger partial charge is 0.386 e. The molecule has 0 saturated carbocycles. The zero-order valence-electron chi connectivity index (χ0n) is 17.2. The quantitative estimate of drug-likeness (QED) is 0.677. The summed E-state index contributed by atoms with van der Waals surface area (Å²) in [6, 6.07) is 0. The first kappa shape index (κ1) is 21.7. The molecule has 1 aromatic heterocycles. The van der Waals surface area contributed by atoms with Crippen molar-refractivity contribution in [3.05, 3.63) is 32.6 Å². The van der Waals surface area contributed by atoms with Gasteiger partial charge in [-0.25, -0.2) is 4.79 Å². The fourth-order valence-electron chi connectivity index (χ4n) is 4.07. The van der Waals surface area contributed by atoms with Gasteiger partial charge < -0.3 is 28.8 Å². The number of aromatic amines is 1. The number of nitrogens with zero attached hydrogens (tertiary/aromatic N) is 1. The van der Waals surface area contributed by atoms with E-state index in [-0.39, 0.29) is 12.9 Å². The first-order valence-corrected chi connectivity index (χ1v) is 10.7. The highest BCUT2D eigenvalue weighted by Gasteiger charge is 2.47. The van der Waals surface area contributed by atoms with E-state index in [1.165, 1.54) is 10.8 Å². The Bertz CT molecular complexity index is 812. The molecular weight excluding hydrogens is 396 g/mol. The smallest absolute Gasteiger partial charge is 0.330 e. The monoisotopic (exact) mass is 426 g/mol. The van der Waals surface area contributed by atoms with E-state index < -0.39 is 42.1 Å². The Morgan fingerprint density at radius 2 is 1.83 bits per heavy atom. The number of nitrogens with one attached hydrogen (secondary N) is 1. The predicted molar refractivity (Wildman–Crippen MR) is 104 cm³/mol. The van der Waals surface area contributed by atoms with Crippen molar-refractivity contribution in [3.63, 3.8) is 0 Å². The van der Waals surface area contributed by atoms with Crippen LogP contribution in [-0.2, 0) is 23.7 Å². The lowest BCUT2D eigenvalue weighted by molar-refractivity contribution is -0.223. The average Bonchev–Trinajstić information content (AvgIpc) is 3.06. The van der Waals surface area contributed by atoms with E-state index >= 15 is 0 Å². The molecule has 0 amide bonds. The minimum atomic E-state index is -1.14. The molecule has 3 saturated heterocycles. The molecule has 0 aromatic carbocycles. The topological polar surface area (TPSA) is 121 Å². The molecule has 3 aliphatic rings. The zero-order valence-corrected chi connectivity index (χ0v) is 17.2. The fourth-order valence-corrected chi connectivity index (χ4v) is 4.07. The van der Waals surface area contributed by atoms with Crippen molar-refractivity contribution in [1.82, 2.24) is 9.55 Å². The number of aryl methyl sites for hydroxylation is 1. The zero-order chi connectivity index (χ0) is 21.1. The van der Waals surface area contributed by atoms with E-state index in [9.17, 15) is 14.7 Å². The van der Waals surface area contributed by atoms with Crippen LogP contribution in [-0.4, -0.2) is 65.4 Å². The molecule has 0 aliphatic carbocycles. The third-order valence-corrected chi connectivity index (χ3v) is 5.76. The van der Waals surface area contributed by atoms with Crippen molar-refractivity contribution in [2.45, 2.75) is 82.6 Å². The van der Waals surface area contributed by atoms with Crippen LogP contribution in [0.1, 0.15) is 50.3 Å². The Hall–Kier alpha value is -1.56. The molecule has 4 rings (SSSR count). The normalized spacial score (nSPS) is 34.9. The van der Waals surface area contributed by atoms with Gasteiger partial charge in [-0.2, -0.15) is 0 Å². The number of aliphatic hydroxyl groups is 1. The molecular formula is C20H30N2O8. The molecule has 1 aromatic rings. The number of hydrogen-bond donors (Lipinski definition) is 2. The summed E-state index contributed by atoms with van der Waals surface area (Å²) >= 11 is 0. The van der Waals surface area contributed by atoms with E-state index in [1.807, 2.05) is 0 Å². The van der Waals surface area contributed by atoms with Crippen molar-refractivity contribution in [2.24, 2.45) is 0 Å². The SMILES string of the molecule is Cc1cn([C@@H]2O[C@H](COC3CCCCO3)[C@H](OC3CCCCO3)C2O)c(=O)[nH]c1=O. The molecule has 10 heteroatoms. The van der Waals surface area contributed by atoms with Gasteiger partial charge in [0.25, 0.3) is 5.56 Å². The lowest BCUT2D eigenvalue weighted by atomic mass is 10.1. The van der Waals surface area contributed by atoms with Crippen molar-refractivity contribution >= 4 is 0 Å². The van der Waals surface area contributed by atoms with Gasteiger partial charge in [0.05, 0.1) is 6.61 Å². The van der Waals surface area contributed by atoms with Gasteiger partial charge >= 0.3 is 5.69 Å². The number of aromatic nitrogens is 2. The Balaban J connectivity index is 1.51. The molecule has 3 fully saturated rings. The van der Waals surface area contributed by atoms with Crippen LogP contribution >= 0.6 is 0 Å². The van der Waals surface area contributed by atoms with Crippen LogP contribution in [0.4, 0.5) is 0 Å². The minimum Gasteiger partial charge on any atom is -0.386 e. The second-order valence-corrected chi connectivity index (χ2v) is 8.06. The van der Waals surface area contributed by atoms with Gasteiger partial charge in [-0.3, -0.25) is 14.3 Å². The van der Waals surface area contributed by atoms with Gasteiger partial charge in [0, 0.05) is 25.0 Å². The maximum atomic E-state index is 12.3. The first-order valence-electron chi connectivity index (χ1n) is 10.7. The molecule has 3 aliphatic heterocycles. The second kappa shape index (κ2) is 9.71. The Labute approximate surface area is 174 Å². The van der Waals surface area contributed by atoms with Crippen molar-refractivity contribution in [1.29, 1.82) is 0 Å². The summed E-state index contributed by atoms with van der Waals surface area (Å²) in [5.41, 5.74) is -0.783. The highest BCUT2D eigenvalue weighted by Crippen LogP contribution is 2.33. The van der Waals surface area contributed by atoms with Gasteiger partial charge in [0.1, 0.15) is 18.3 Å². The number of ether oxygens (including phenoxy) is 5. The molecule has 2 N–H and O–H groups in total. The number of H-pyrrole nitrogens is 1. The summed E-state index contributed by atoms with van der Waals surface area (Å²) in [5.74, 6) is 0. The van der Waals surface area contributed by atoms with Crippen LogP contribution in [0.2, 0.25) is 0 Å². The predicted octanol–water partition coefficient (Wildman–Crippen LogP) is 0.558. The van der Waals surface area contributed by atoms with Gasteiger partial charge in [-0.05, 0) is 45.4 Å². The van der Waals surface area contributed by atoms with Gasteiger partial charge in [0.15, 0.2) is 18.8 Å². The number of hydrogen-bond acceptors (Lipinski definition) is 8. The van der Waals surface area contributed by atoms with Crippen molar-refractivity contribution < 1.29 is 28.8 Å². The molecule has 0 bridgehead atoms. The average molecular weight is 426 g/mol. The number of rotatable bonds is 6. The second-order valence-electron chi connectivity index (χ2n) is 8.06. The maximum Gasteiger partial charge on any atom is 0.330 e. The summed E-state index contributed by atoms with van der Waals surface area (Å²) in [4.78, 5) is 26.3. The maximum absolute atomic E-state index is 12.3. The van der Waals surface area contributed by atoms with Crippen molar-refractivity contribution in [2.75, 3.05) is 19.8 Å². The van der Waals surface area contributed by atoms with Crippen LogP contribution in [0, 0.1) is 6.92 Å². The van der Waals surface area contributed by atoms with Crippen LogP contribution in [0.25, 0.3) is 0 Å². The van der Waals surface area contributed by atoms with Crippen LogP contribution in [0.3, 0.4) is 0 Å². The Morgan fingerprint density at radius 3 is 2.50 bits per heavy atom. The summed E-state index contributed by atoms with van der Waals surface area (Å²) in [6.07, 6.45) is 2.63. The van der Waals surface area contributed by atoms with E-state index in [4.69, 9.17) is 23.7 Å². The number of aliphatic hydroxyl groups excluding tert-OH is 1. The first-order chi connectivity index (χ1) is 14.5. The van der Waals surface area contributed by atoms with Gasteiger partial charge in [0.2, 0.25) is 0 Å². The molecule has 3 unspecified atom stereocenters. The Morgan fingerprint density at radius 1 is 1.13 bits per heavy atom. The van der Waals surface area contributed by atoms with E-state index in [1.54, 1.807) is 6.92 Å². The fraction of sp³-hybridized carbons (Fsp3) is 0.800. The van der Waals surface area contributed by atoms with Crippen LogP contribution in [0.15, 0.2) is 15.8 Å². The van der Waals surface area contributed by atoms with Crippen LogP contribution < -0.4 is 11.2 Å². The van der Waals surface area contributed by atoms with E-state index in [2.05, 4.69) is 4.98 Å². The van der Waals surface area contributed by atoms with E-state index in [0.717, 1.165) is 38.5 Å². The highest BCUT2D eigenvalue weighted by molar-refractivity contribution is 5.03. The molecule has 168 valence electrons. The van der Waals surface area contributed by atoms with Crippen molar-refractivity contribution in [3.8, 4) is 0 Å². The standard InChI is InChI=1S/C20H30N2O8/c1-12-10-22(20(25)21-18(12)24)19-16(23)17(30-15-7-3-5-9-27-15)13(29-19)11-28-14-6-2-4-8-26-14/h10,13-17,19,23H,2-9,11H2,1H3,(H,21,24,25)/t13-,14?,15?,16?,17+,19-/m1/s1. The van der Waals surface area contributed by atoms with E-state index in [0.29, 0.717) is 18.8 Å². The molecule has 0 radical (unpaired) electrons. The van der Waals surface area contributed by atoms with Crippen LogP contribution in [0.5, 0.6) is 0 Å². The van der Waals surface area contributed by atoms with Gasteiger partial charge in [-0.15, -0.1) is 0 Å². The minimum absolute atomic E-state index is 0.146. The third kappa shape index (κ3) is 4.84. The molecule has 6 atom stereocenters. The third-order valence-electron chi connectivity index (χ3n) is 5.76. The van der Waals surface area contributed by atoms with Gasteiger partial charge in [-0.1, -0.05) is 0 Å². The molecule has 10 nitrogen and oxygen atoms in total. The lowest BCUT2D eigenvalue weighted by Gasteiger charge is -2.30. The molecule has 4 heterocycles. The summed E-state index contributed by atoms with van der Waals surface area (Å²) in [5, 5.41) is 11.0. The Kier molecular flexibility index (Phi) is 7.01. The summed E-state index contributed by atoms with van der Waals surface area (Å²) < 4.78 is 30.4.